The summed E-state index contributed by atoms with van der Waals surface area (Å²) in [6.45, 7) is 5.28. The van der Waals surface area contributed by atoms with Crippen LogP contribution >= 0.6 is 11.3 Å². The molecule has 0 fully saturated rings. The van der Waals surface area contributed by atoms with Crippen LogP contribution in [0.15, 0.2) is 29.9 Å². The molecule has 2 aromatic heterocycles. The van der Waals surface area contributed by atoms with E-state index in [0.29, 0.717) is 35.5 Å². The van der Waals surface area contributed by atoms with Gasteiger partial charge in [0.1, 0.15) is 18.1 Å². The lowest BCUT2D eigenvalue weighted by Gasteiger charge is -2.21. The summed E-state index contributed by atoms with van der Waals surface area (Å²) in [5.74, 6) is 1.55. The maximum atomic E-state index is 12.7. The SMILES string of the molecule is CC(C)C[C@H](NC(=O)c1scc2c1OCCO2)c1cccnc1. The first kappa shape index (κ1) is 15.8. The molecular weight excluding hydrogens is 312 g/mol. The molecule has 1 amide bonds. The van der Waals surface area contributed by atoms with Crippen molar-refractivity contribution in [1.82, 2.24) is 10.3 Å². The number of carbonyl (C=O) groups is 1. The molecule has 1 aliphatic rings. The van der Waals surface area contributed by atoms with Gasteiger partial charge in [-0.3, -0.25) is 9.78 Å². The van der Waals surface area contributed by atoms with Crippen LogP contribution in [-0.4, -0.2) is 24.1 Å². The Hall–Kier alpha value is -2.08. The van der Waals surface area contributed by atoms with Crippen LogP contribution in [0.5, 0.6) is 11.5 Å². The molecule has 0 saturated carbocycles. The van der Waals surface area contributed by atoms with Crippen LogP contribution in [0.1, 0.15) is 41.5 Å². The molecule has 0 unspecified atom stereocenters. The van der Waals surface area contributed by atoms with Gasteiger partial charge in [0.15, 0.2) is 11.5 Å². The molecule has 6 heteroatoms. The van der Waals surface area contributed by atoms with E-state index in [1.807, 2.05) is 17.5 Å². The summed E-state index contributed by atoms with van der Waals surface area (Å²) < 4.78 is 11.1. The summed E-state index contributed by atoms with van der Waals surface area (Å²) >= 11 is 1.35. The summed E-state index contributed by atoms with van der Waals surface area (Å²) in [5, 5.41) is 4.94. The topological polar surface area (TPSA) is 60.5 Å². The van der Waals surface area contributed by atoms with Gasteiger partial charge in [0.05, 0.1) is 6.04 Å². The fourth-order valence-electron chi connectivity index (χ4n) is 2.58. The number of nitrogens with zero attached hydrogens (tertiary/aromatic N) is 1. The molecule has 3 heterocycles. The molecular formula is C17H20N2O3S. The van der Waals surface area contributed by atoms with E-state index in [9.17, 15) is 4.79 Å². The van der Waals surface area contributed by atoms with Gasteiger partial charge in [0.25, 0.3) is 5.91 Å². The quantitative estimate of drug-likeness (QED) is 0.911. The number of hydrogen-bond donors (Lipinski definition) is 1. The summed E-state index contributed by atoms with van der Waals surface area (Å²) in [6, 6.07) is 3.81. The second-order valence-corrected chi connectivity index (χ2v) is 6.78. The van der Waals surface area contributed by atoms with Gasteiger partial charge >= 0.3 is 0 Å². The Morgan fingerprint density at radius 3 is 2.96 bits per heavy atom. The van der Waals surface area contributed by atoms with Crippen LogP contribution < -0.4 is 14.8 Å². The van der Waals surface area contributed by atoms with Crippen molar-refractivity contribution in [3.63, 3.8) is 0 Å². The van der Waals surface area contributed by atoms with Gasteiger partial charge in [0, 0.05) is 17.8 Å². The highest BCUT2D eigenvalue weighted by atomic mass is 32.1. The largest absolute Gasteiger partial charge is 0.485 e. The molecule has 1 N–H and O–H groups in total. The average molecular weight is 332 g/mol. The molecule has 0 aliphatic carbocycles. The normalized spacial score (nSPS) is 14.6. The predicted octanol–water partition coefficient (Wildman–Crippen LogP) is 3.43. The van der Waals surface area contributed by atoms with Crippen molar-refractivity contribution in [3.05, 3.63) is 40.3 Å². The molecule has 122 valence electrons. The van der Waals surface area contributed by atoms with Crippen LogP contribution in [-0.2, 0) is 0 Å². The molecule has 0 bridgehead atoms. The Kier molecular flexibility index (Phi) is 4.81. The fourth-order valence-corrected chi connectivity index (χ4v) is 3.41. The van der Waals surface area contributed by atoms with Gasteiger partial charge in [-0.05, 0) is 24.0 Å². The Bertz CT molecular complexity index is 670. The van der Waals surface area contributed by atoms with Crippen LogP contribution in [0, 0.1) is 5.92 Å². The standard InChI is InChI=1S/C17H20N2O3S/c1-11(2)8-13(12-4-3-5-18-9-12)19-17(20)16-15-14(10-23-16)21-6-7-22-15/h3-5,9-11,13H,6-8H2,1-2H3,(H,19,20)/t13-/m0/s1. The van der Waals surface area contributed by atoms with E-state index in [1.54, 1.807) is 12.4 Å². The van der Waals surface area contributed by atoms with E-state index >= 15 is 0 Å². The monoisotopic (exact) mass is 332 g/mol. The summed E-state index contributed by atoms with van der Waals surface area (Å²) in [4.78, 5) is 17.4. The third kappa shape index (κ3) is 3.64. The van der Waals surface area contributed by atoms with Crippen molar-refractivity contribution in [1.29, 1.82) is 0 Å². The fraction of sp³-hybridized carbons (Fsp3) is 0.412. The van der Waals surface area contributed by atoms with Crippen molar-refractivity contribution in [2.45, 2.75) is 26.3 Å². The highest BCUT2D eigenvalue weighted by molar-refractivity contribution is 7.12. The molecule has 3 rings (SSSR count). The van der Waals surface area contributed by atoms with Crippen molar-refractivity contribution < 1.29 is 14.3 Å². The Balaban J connectivity index is 1.79. The number of ether oxygens (including phenoxy) is 2. The van der Waals surface area contributed by atoms with E-state index in [0.717, 1.165) is 12.0 Å². The molecule has 0 radical (unpaired) electrons. The summed E-state index contributed by atoms with van der Waals surface area (Å²) in [7, 11) is 0. The highest BCUT2D eigenvalue weighted by Crippen LogP contribution is 2.39. The Morgan fingerprint density at radius 1 is 1.39 bits per heavy atom. The number of amides is 1. The van der Waals surface area contributed by atoms with Crippen LogP contribution in [0.4, 0.5) is 0 Å². The first-order valence-corrected chi connectivity index (χ1v) is 8.61. The predicted molar refractivity (Wildman–Crippen MR) is 89.2 cm³/mol. The summed E-state index contributed by atoms with van der Waals surface area (Å²) in [5.41, 5.74) is 1.01. The van der Waals surface area contributed by atoms with Crippen LogP contribution in [0.3, 0.4) is 0 Å². The molecule has 0 aromatic carbocycles. The van der Waals surface area contributed by atoms with Gasteiger partial charge in [-0.25, -0.2) is 0 Å². The van der Waals surface area contributed by atoms with Crippen molar-refractivity contribution in [2.75, 3.05) is 13.2 Å². The first-order valence-electron chi connectivity index (χ1n) is 7.73. The highest BCUT2D eigenvalue weighted by Gasteiger charge is 2.25. The van der Waals surface area contributed by atoms with Gasteiger partial charge < -0.3 is 14.8 Å². The van der Waals surface area contributed by atoms with Crippen molar-refractivity contribution in [3.8, 4) is 11.5 Å². The van der Waals surface area contributed by atoms with Crippen molar-refractivity contribution in [2.24, 2.45) is 5.92 Å². The molecule has 1 aliphatic heterocycles. The molecule has 2 aromatic rings. The zero-order chi connectivity index (χ0) is 16.2. The number of aromatic nitrogens is 1. The second-order valence-electron chi connectivity index (χ2n) is 5.90. The number of thiophene rings is 1. The van der Waals surface area contributed by atoms with Gasteiger partial charge in [-0.1, -0.05) is 19.9 Å². The average Bonchev–Trinajstić information content (AvgIpc) is 2.99. The van der Waals surface area contributed by atoms with E-state index < -0.39 is 0 Å². The smallest absolute Gasteiger partial charge is 0.265 e. The third-order valence-electron chi connectivity index (χ3n) is 3.61. The molecule has 0 spiro atoms. The van der Waals surface area contributed by atoms with Gasteiger partial charge in [-0.15, -0.1) is 11.3 Å². The minimum absolute atomic E-state index is 0.0709. The minimum Gasteiger partial charge on any atom is -0.485 e. The van der Waals surface area contributed by atoms with E-state index in [-0.39, 0.29) is 11.9 Å². The van der Waals surface area contributed by atoms with Crippen LogP contribution in [0.25, 0.3) is 0 Å². The second kappa shape index (κ2) is 7.00. The number of carbonyl (C=O) groups excluding carboxylic acids is 1. The number of pyridine rings is 1. The van der Waals surface area contributed by atoms with Gasteiger partial charge in [0.2, 0.25) is 0 Å². The van der Waals surface area contributed by atoms with E-state index in [1.165, 1.54) is 11.3 Å². The Labute approximate surface area is 139 Å². The lowest BCUT2D eigenvalue weighted by molar-refractivity contribution is 0.0927. The van der Waals surface area contributed by atoms with E-state index in [4.69, 9.17) is 9.47 Å². The molecule has 23 heavy (non-hydrogen) atoms. The minimum atomic E-state index is -0.128. The van der Waals surface area contributed by atoms with E-state index in [2.05, 4.69) is 24.1 Å². The zero-order valence-electron chi connectivity index (χ0n) is 13.2. The lowest BCUT2D eigenvalue weighted by Crippen LogP contribution is -2.29. The number of rotatable bonds is 5. The third-order valence-corrected chi connectivity index (χ3v) is 4.54. The molecule has 0 saturated heterocycles. The van der Waals surface area contributed by atoms with Gasteiger partial charge in [-0.2, -0.15) is 0 Å². The Morgan fingerprint density at radius 2 is 2.22 bits per heavy atom. The van der Waals surface area contributed by atoms with Crippen LogP contribution in [0.2, 0.25) is 0 Å². The number of nitrogens with one attached hydrogen (secondary N) is 1. The number of hydrogen-bond acceptors (Lipinski definition) is 5. The van der Waals surface area contributed by atoms with Crippen molar-refractivity contribution >= 4 is 17.2 Å². The lowest BCUT2D eigenvalue weighted by atomic mass is 9.98. The summed E-state index contributed by atoms with van der Waals surface area (Å²) in [6.07, 6.45) is 4.39. The maximum absolute atomic E-state index is 12.7. The molecule has 1 atom stereocenters. The number of fused-ring (bicyclic) bond motifs is 1. The zero-order valence-corrected chi connectivity index (χ0v) is 14.1. The maximum Gasteiger partial charge on any atom is 0.265 e. The molecule has 5 nitrogen and oxygen atoms in total. The first-order chi connectivity index (χ1) is 11.1.